The van der Waals surface area contributed by atoms with Crippen molar-refractivity contribution >= 4 is 21.6 Å². The second-order valence-corrected chi connectivity index (χ2v) is 8.81. The molecular formula is C22H20FN3O5S. The Morgan fingerprint density at radius 2 is 1.75 bits per heavy atom. The standard InChI is InChI=1S/C22H20FN3O5S/c23-16-5-8-18(9-6-16)31-21-10-7-17(15-24-21)25-22(27)19-3-1-2-4-20(19)32(28,29)26-11-13-30-14-12-26/h1-10,15H,11-14H2,(H,25,27). The number of aromatic nitrogens is 1. The molecule has 1 amide bonds. The first kappa shape index (κ1) is 21.9. The summed E-state index contributed by atoms with van der Waals surface area (Å²) < 4.78 is 51.1. The summed E-state index contributed by atoms with van der Waals surface area (Å²) in [6.45, 7) is 1.09. The van der Waals surface area contributed by atoms with E-state index in [1.54, 1.807) is 18.2 Å². The van der Waals surface area contributed by atoms with Crippen molar-refractivity contribution in [3.05, 3.63) is 78.2 Å². The molecule has 0 saturated carbocycles. The molecule has 32 heavy (non-hydrogen) atoms. The summed E-state index contributed by atoms with van der Waals surface area (Å²) in [5.41, 5.74) is 0.394. The zero-order valence-corrected chi connectivity index (χ0v) is 17.7. The summed E-state index contributed by atoms with van der Waals surface area (Å²) >= 11 is 0. The Labute approximate surface area is 184 Å². The van der Waals surface area contributed by atoms with E-state index in [4.69, 9.17) is 9.47 Å². The van der Waals surface area contributed by atoms with Gasteiger partial charge in [-0.2, -0.15) is 4.31 Å². The van der Waals surface area contributed by atoms with E-state index >= 15 is 0 Å². The summed E-state index contributed by atoms with van der Waals surface area (Å²) in [6.07, 6.45) is 1.38. The molecule has 3 aromatic rings. The van der Waals surface area contributed by atoms with Gasteiger partial charge in [-0.05, 0) is 42.5 Å². The molecule has 0 unspecified atom stereocenters. The molecule has 1 saturated heterocycles. The van der Waals surface area contributed by atoms with E-state index in [1.807, 2.05) is 0 Å². The van der Waals surface area contributed by atoms with Crippen LogP contribution in [0.5, 0.6) is 11.6 Å². The second-order valence-electron chi connectivity index (χ2n) is 6.91. The van der Waals surface area contributed by atoms with Crippen molar-refractivity contribution < 1.29 is 27.1 Å². The number of sulfonamides is 1. The van der Waals surface area contributed by atoms with Crippen LogP contribution in [0.15, 0.2) is 71.8 Å². The van der Waals surface area contributed by atoms with Gasteiger partial charge in [-0.15, -0.1) is 0 Å². The highest BCUT2D eigenvalue weighted by atomic mass is 32.2. The summed E-state index contributed by atoms with van der Waals surface area (Å²) in [7, 11) is -3.84. The second kappa shape index (κ2) is 9.43. The van der Waals surface area contributed by atoms with Crippen LogP contribution < -0.4 is 10.1 Å². The molecule has 0 radical (unpaired) electrons. The number of nitrogens with zero attached hydrogens (tertiary/aromatic N) is 2. The van der Waals surface area contributed by atoms with Crippen LogP contribution in [0.1, 0.15) is 10.4 Å². The Hall–Kier alpha value is -3.34. The number of benzene rings is 2. The number of hydrogen-bond acceptors (Lipinski definition) is 6. The largest absolute Gasteiger partial charge is 0.439 e. The number of morpholine rings is 1. The van der Waals surface area contributed by atoms with Crippen LogP contribution in [0.2, 0.25) is 0 Å². The van der Waals surface area contributed by atoms with Gasteiger partial charge >= 0.3 is 0 Å². The van der Waals surface area contributed by atoms with Crippen molar-refractivity contribution in [1.82, 2.24) is 9.29 Å². The lowest BCUT2D eigenvalue weighted by atomic mass is 10.2. The molecule has 10 heteroatoms. The molecule has 2 heterocycles. The van der Waals surface area contributed by atoms with E-state index in [0.29, 0.717) is 24.7 Å². The molecule has 0 atom stereocenters. The quantitative estimate of drug-likeness (QED) is 0.610. The highest BCUT2D eigenvalue weighted by molar-refractivity contribution is 7.89. The Morgan fingerprint density at radius 1 is 1.03 bits per heavy atom. The van der Waals surface area contributed by atoms with Crippen LogP contribution in [0.25, 0.3) is 0 Å². The lowest BCUT2D eigenvalue weighted by molar-refractivity contribution is 0.0730. The Balaban J connectivity index is 1.49. The summed E-state index contributed by atoms with van der Waals surface area (Å²) in [5.74, 6) is -0.284. The number of ether oxygens (including phenoxy) is 2. The van der Waals surface area contributed by atoms with Crippen LogP contribution in [0.4, 0.5) is 10.1 Å². The predicted molar refractivity (Wildman–Crippen MR) is 115 cm³/mol. The lowest BCUT2D eigenvalue weighted by Gasteiger charge is -2.26. The molecule has 1 aromatic heterocycles. The number of rotatable bonds is 6. The fraction of sp³-hybridized carbons (Fsp3) is 0.182. The van der Waals surface area contributed by atoms with Gasteiger partial charge in [-0.3, -0.25) is 4.79 Å². The Kier molecular flexibility index (Phi) is 6.45. The highest BCUT2D eigenvalue weighted by Gasteiger charge is 2.30. The topological polar surface area (TPSA) is 97.8 Å². The molecule has 4 rings (SSSR count). The molecule has 1 N–H and O–H groups in total. The SMILES string of the molecule is O=C(Nc1ccc(Oc2ccc(F)cc2)nc1)c1ccccc1S(=O)(=O)N1CCOCC1. The van der Waals surface area contributed by atoms with Crippen molar-refractivity contribution in [3.63, 3.8) is 0 Å². The lowest BCUT2D eigenvalue weighted by Crippen LogP contribution is -2.41. The van der Waals surface area contributed by atoms with Crippen molar-refractivity contribution in [1.29, 1.82) is 0 Å². The van der Waals surface area contributed by atoms with Gasteiger partial charge in [-0.1, -0.05) is 12.1 Å². The number of hydrogen-bond donors (Lipinski definition) is 1. The third-order valence-electron chi connectivity index (χ3n) is 4.75. The first-order valence-electron chi connectivity index (χ1n) is 9.81. The maximum atomic E-state index is 13.0. The summed E-state index contributed by atoms with van der Waals surface area (Å²) in [4.78, 5) is 16.9. The number of anilines is 1. The van der Waals surface area contributed by atoms with E-state index in [0.717, 1.165) is 0 Å². The average molecular weight is 457 g/mol. The third-order valence-corrected chi connectivity index (χ3v) is 6.71. The average Bonchev–Trinajstić information content (AvgIpc) is 2.82. The van der Waals surface area contributed by atoms with E-state index in [-0.39, 0.29) is 35.2 Å². The predicted octanol–water partition coefficient (Wildman–Crippen LogP) is 3.29. The van der Waals surface area contributed by atoms with Crippen LogP contribution >= 0.6 is 0 Å². The van der Waals surface area contributed by atoms with E-state index in [1.165, 1.54) is 53.0 Å². The van der Waals surface area contributed by atoms with Crippen molar-refractivity contribution in [2.75, 3.05) is 31.6 Å². The van der Waals surface area contributed by atoms with Crippen molar-refractivity contribution in [2.45, 2.75) is 4.90 Å². The third kappa shape index (κ3) is 4.93. The summed E-state index contributed by atoms with van der Waals surface area (Å²) in [6, 6.07) is 14.6. The van der Waals surface area contributed by atoms with Crippen LogP contribution in [-0.2, 0) is 14.8 Å². The molecule has 0 aliphatic carbocycles. The normalized spacial score (nSPS) is 14.7. The van der Waals surface area contributed by atoms with Gasteiger partial charge in [0, 0.05) is 19.2 Å². The fourth-order valence-corrected chi connectivity index (χ4v) is 4.74. The van der Waals surface area contributed by atoms with Gasteiger partial charge in [0.15, 0.2) is 0 Å². The van der Waals surface area contributed by atoms with Gasteiger partial charge in [-0.25, -0.2) is 17.8 Å². The number of carbonyl (C=O) groups excluding carboxylic acids is 1. The van der Waals surface area contributed by atoms with Gasteiger partial charge in [0.05, 0.1) is 35.6 Å². The molecule has 8 nitrogen and oxygen atoms in total. The van der Waals surface area contributed by atoms with E-state index < -0.39 is 15.9 Å². The molecule has 1 fully saturated rings. The molecule has 2 aromatic carbocycles. The van der Waals surface area contributed by atoms with Crippen LogP contribution in [0, 0.1) is 5.82 Å². The monoisotopic (exact) mass is 457 g/mol. The first-order valence-corrected chi connectivity index (χ1v) is 11.3. The van der Waals surface area contributed by atoms with Gasteiger partial charge < -0.3 is 14.8 Å². The van der Waals surface area contributed by atoms with E-state index in [9.17, 15) is 17.6 Å². The maximum absolute atomic E-state index is 13.0. The minimum atomic E-state index is -3.84. The Morgan fingerprint density at radius 3 is 2.44 bits per heavy atom. The van der Waals surface area contributed by atoms with Crippen molar-refractivity contribution in [2.24, 2.45) is 0 Å². The van der Waals surface area contributed by atoms with Crippen molar-refractivity contribution in [3.8, 4) is 11.6 Å². The minimum Gasteiger partial charge on any atom is -0.439 e. The first-order chi connectivity index (χ1) is 15.4. The Bertz CT molecular complexity index is 1190. The van der Waals surface area contributed by atoms with Crippen LogP contribution in [-0.4, -0.2) is 49.9 Å². The summed E-state index contributed by atoms with van der Waals surface area (Å²) in [5, 5.41) is 2.66. The molecule has 1 aliphatic heterocycles. The number of pyridine rings is 1. The number of nitrogens with one attached hydrogen (secondary N) is 1. The zero-order chi connectivity index (χ0) is 22.6. The van der Waals surface area contributed by atoms with Gasteiger partial charge in [0.25, 0.3) is 5.91 Å². The minimum absolute atomic E-state index is 0.0330. The van der Waals surface area contributed by atoms with Crippen LogP contribution in [0.3, 0.4) is 0 Å². The zero-order valence-electron chi connectivity index (χ0n) is 16.9. The number of carbonyl (C=O) groups is 1. The number of halogens is 1. The fourth-order valence-electron chi connectivity index (χ4n) is 3.14. The van der Waals surface area contributed by atoms with E-state index in [2.05, 4.69) is 10.3 Å². The molecule has 0 spiro atoms. The molecule has 0 bridgehead atoms. The highest BCUT2D eigenvalue weighted by Crippen LogP contribution is 2.24. The smallest absolute Gasteiger partial charge is 0.257 e. The number of amides is 1. The molecule has 1 aliphatic rings. The van der Waals surface area contributed by atoms with Gasteiger partial charge in [0.1, 0.15) is 11.6 Å². The molecular weight excluding hydrogens is 437 g/mol. The maximum Gasteiger partial charge on any atom is 0.257 e. The molecule has 166 valence electrons. The van der Waals surface area contributed by atoms with Gasteiger partial charge in [0.2, 0.25) is 15.9 Å².